The Morgan fingerprint density at radius 3 is 2.95 bits per heavy atom. The van der Waals surface area contributed by atoms with E-state index in [4.69, 9.17) is 19.3 Å². The van der Waals surface area contributed by atoms with Gasteiger partial charge in [-0.1, -0.05) is 12.1 Å². The van der Waals surface area contributed by atoms with Gasteiger partial charge in [0.1, 0.15) is 19.0 Å². The van der Waals surface area contributed by atoms with E-state index in [1.165, 1.54) is 11.3 Å². The first-order chi connectivity index (χ1) is 10.1. The summed E-state index contributed by atoms with van der Waals surface area (Å²) in [6, 6.07) is 9.16. The van der Waals surface area contributed by atoms with Crippen molar-refractivity contribution in [3.63, 3.8) is 0 Å². The van der Waals surface area contributed by atoms with E-state index in [-0.39, 0.29) is 17.6 Å². The normalized spacial score (nSPS) is 16.5. The van der Waals surface area contributed by atoms with E-state index in [9.17, 15) is 4.79 Å². The summed E-state index contributed by atoms with van der Waals surface area (Å²) in [5.74, 6) is 0.797. The lowest BCUT2D eigenvalue weighted by Crippen LogP contribution is -2.34. The molecule has 1 unspecified atom stereocenters. The predicted molar refractivity (Wildman–Crippen MR) is 77.9 cm³/mol. The van der Waals surface area contributed by atoms with Crippen LogP contribution in [0.4, 0.5) is 0 Å². The highest BCUT2D eigenvalue weighted by Gasteiger charge is 2.23. The number of benzene rings is 1. The van der Waals surface area contributed by atoms with Gasteiger partial charge in [-0.25, -0.2) is 4.79 Å². The highest BCUT2D eigenvalue weighted by molar-refractivity contribution is 7.14. The van der Waals surface area contributed by atoms with Gasteiger partial charge in [-0.15, -0.1) is 11.3 Å². The predicted octanol–water partition coefficient (Wildman–Crippen LogP) is 2.97. The number of carboxylic acids is 1. The summed E-state index contributed by atoms with van der Waals surface area (Å²) in [6.45, 7) is 2.47. The first-order valence-electron chi connectivity index (χ1n) is 6.48. The standard InChI is InChI=1S/C15H14O5S/c1-9-6-13(14(21-9)15(16)17)19-8-10-7-18-11-4-2-3-5-12(11)20-10/h2-6,10H,7-8H2,1H3,(H,16,17). The Kier molecular flexibility index (Phi) is 3.70. The molecule has 0 spiro atoms. The van der Waals surface area contributed by atoms with Crippen LogP contribution >= 0.6 is 11.3 Å². The van der Waals surface area contributed by atoms with Gasteiger partial charge in [-0.2, -0.15) is 0 Å². The van der Waals surface area contributed by atoms with Crippen LogP contribution in [0.5, 0.6) is 17.2 Å². The molecule has 3 rings (SSSR count). The third-order valence-corrected chi connectivity index (χ3v) is 4.03. The van der Waals surface area contributed by atoms with E-state index in [0.29, 0.717) is 23.9 Å². The molecule has 2 aromatic rings. The number of carbonyl (C=O) groups is 1. The maximum absolute atomic E-state index is 11.1. The van der Waals surface area contributed by atoms with Gasteiger partial charge >= 0.3 is 5.97 Å². The molecular formula is C15H14O5S. The molecule has 1 N–H and O–H groups in total. The topological polar surface area (TPSA) is 65.0 Å². The number of para-hydroxylation sites is 2. The Bertz CT molecular complexity index is 664. The lowest BCUT2D eigenvalue weighted by Gasteiger charge is -2.26. The largest absolute Gasteiger partial charge is 0.488 e. The molecule has 0 aliphatic carbocycles. The SMILES string of the molecule is Cc1cc(OCC2COc3ccccc3O2)c(C(=O)O)s1. The molecule has 0 fully saturated rings. The number of thiophene rings is 1. The van der Waals surface area contributed by atoms with Crippen LogP contribution in [0.2, 0.25) is 0 Å². The third kappa shape index (κ3) is 2.95. The Labute approximate surface area is 125 Å². The number of rotatable bonds is 4. The van der Waals surface area contributed by atoms with Crippen LogP contribution in [-0.4, -0.2) is 30.4 Å². The molecule has 6 heteroatoms. The Hall–Kier alpha value is -2.21. The number of carboxylic acid groups (broad SMARTS) is 1. The Balaban J connectivity index is 1.66. The van der Waals surface area contributed by atoms with Crippen LogP contribution in [0.3, 0.4) is 0 Å². The minimum Gasteiger partial charge on any atom is -0.488 e. The van der Waals surface area contributed by atoms with E-state index < -0.39 is 5.97 Å². The van der Waals surface area contributed by atoms with Crippen molar-refractivity contribution < 1.29 is 24.1 Å². The maximum atomic E-state index is 11.1. The molecule has 0 saturated carbocycles. The number of fused-ring (bicyclic) bond motifs is 1. The number of hydrogen-bond acceptors (Lipinski definition) is 5. The van der Waals surface area contributed by atoms with Crippen molar-refractivity contribution in [3.05, 3.63) is 40.1 Å². The molecule has 1 aromatic carbocycles. The molecule has 1 atom stereocenters. The van der Waals surface area contributed by atoms with Crippen LogP contribution in [0.15, 0.2) is 30.3 Å². The highest BCUT2D eigenvalue weighted by Crippen LogP contribution is 2.32. The molecule has 1 aliphatic rings. The summed E-state index contributed by atoms with van der Waals surface area (Å²) in [6.07, 6.45) is -0.262. The minimum absolute atomic E-state index is 0.213. The maximum Gasteiger partial charge on any atom is 0.349 e. The average Bonchev–Trinajstić information content (AvgIpc) is 2.86. The first-order valence-corrected chi connectivity index (χ1v) is 7.30. The Morgan fingerprint density at radius 2 is 2.19 bits per heavy atom. The van der Waals surface area contributed by atoms with Crippen LogP contribution in [0.1, 0.15) is 14.5 Å². The van der Waals surface area contributed by atoms with Gasteiger partial charge in [-0.3, -0.25) is 0 Å². The summed E-state index contributed by atoms with van der Waals surface area (Å²) in [4.78, 5) is 12.2. The summed E-state index contributed by atoms with van der Waals surface area (Å²) in [5, 5.41) is 9.12. The number of ether oxygens (including phenoxy) is 3. The zero-order valence-electron chi connectivity index (χ0n) is 11.4. The second kappa shape index (κ2) is 5.65. The van der Waals surface area contributed by atoms with Crippen molar-refractivity contribution in [1.29, 1.82) is 0 Å². The lowest BCUT2D eigenvalue weighted by molar-refractivity contribution is 0.0523. The van der Waals surface area contributed by atoms with E-state index in [1.54, 1.807) is 6.07 Å². The van der Waals surface area contributed by atoms with E-state index in [1.807, 2.05) is 31.2 Å². The summed E-state index contributed by atoms with van der Waals surface area (Å²) in [5.41, 5.74) is 0. The zero-order valence-corrected chi connectivity index (χ0v) is 12.2. The molecule has 0 saturated heterocycles. The van der Waals surface area contributed by atoms with Gasteiger partial charge in [0, 0.05) is 4.88 Å². The van der Waals surface area contributed by atoms with Crippen LogP contribution in [0, 0.1) is 6.92 Å². The minimum atomic E-state index is -0.978. The Morgan fingerprint density at radius 1 is 1.43 bits per heavy atom. The van der Waals surface area contributed by atoms with Gasteiger partial charge in [0.2, 0.25) is 0 Å². The van der Waals surface area contributed by atoms with E-state index in [0.717, 1.165) is 4.88 Å². The molecular weight excluding hydrogens is 292 g/mol. The van der Waals surface area contributed by atoms with E-state index in [2.05, 4.69) is 0 Å². The quantitative estimate of drug-likeness (QED) is 0.940. The van der Waals surface area contributed by atoms with Crippen molar-refractivity contribution in [2.45, 2.75) is 13.0 Å². The van der Waals surface area contributed by atoms with Gasteiger partial charge in [-0.05, 0) is 25.1 Å². The molecule has 0 radical (unpaired) electrons. The fourth-order valence-electron chi connectivity index (χ4n) is 2.08. The molecule has 5 nitrogen and oxygen atoms in total. The lowest BCUT2D eigenvalue weighted by atomic mass is 10.2. The van der Waals surface area contributed by atoms with Crippen LogP contribution < -0.4 is 14.2 Å². The molecule has 110 valence electrons. The molecule has 0 amide bonds. The average molecular weight is 306 g/mol. The zero-order chi connectivity index (χ0) is 14.8. The van der Waals surface area contributed by atoms with Gasteiger partial charge in [0.15, 0.2) is 22.5 Å². The third-order valence-electron chi connectivity index (χ3n) is 3.01. The number of aryl methyl sites for hydroxylation is 1. The molecule has 21 heavy (non-hydrogen) atoms. The second-order valence-corrected chi connectivity index (χ2v) is 5.92. The fraction of sp³-hybridized carbons (Fsp3) is 0.267. The van der Waals surface area contributed by atoms with Crippen molar-refractivity contribution in [2.75, 3.05) is 13.2 Å². The molecule has 1 aromatic heterocycles. The van der Waals surface area contributed by atoms with Crippen molar-refractivity contribution >= 4 is 17.3 Å². The van der Waals surface area contributed by atoms with Crippen LogP contribution in [-0.2, 0) is 0 Å². The van der Waals surface area contributed by atoms with Gasteiger partial charge in [0.05, 0.1) is 0 Å². The first kappa shape index (κ1) is 13.8. The molecule has 0 bridgehead atoms. The van der Waals surface area contributed by atoms with Gasteiger partial charge in [0.25, 0.3) is 0 Å². The van der Waals surface area contributed by atoms with E-state index >= 15 is 0 Å². The fourth-order valence-corrected chi connectivity index (χ4v) is 2.87. The number of hydrogen-bond donors (Lipinski definition) is 1. The molecule has 1 aliphatic heterocycles. The van der Waals surface area contributed by atoms with Crippen molar-refractivity contribution in [2.24, 2.45) is 0 Å². The summed E-state index contributed by atoms with van der Waals surface area (Å²) < 4.78 is 17.0. The van der Waals surface area contributed by atoms with Gasteiger partial charge < -0.3 is 19.3 Å². The van der Waals surface area contributed by atoms with Crippen LogP contribution in [0.25, 0.3) is 0 Å². The highest BCUT2D eigenvalue weighted by atomic mass is 32.1. The second-order valence-electron chi connectivity index (χ2n) is 4.66. The molecule has 2 heterocycles. The summed E-state index contributed by atoms with van der Waals surface area (Å²) in [7, 11) is 0. The van der Waals surface area contributed by atoms with Crippen molar-refractivity contribution in [1.82, 2.24) is 0 Å². The smallest absolute Gasteiger partial charge is 0.349 e. The monoisotopic (exact) mass is 306 g/mol. The summed E-state index contributed by atoms with van der Waals surface area (Å²) >= 11 is 1.20. The number of aromatic carboxylic acids is 1. The van der Waals surface area contributed by atoms with Crippen molar-refractivity contribution in [3.8, 4) is 17.2 Å².